The zero-order chi connectivity index (χ0) is 24.8. The maximum Gasteiger partial charge on any atom is 0.269 e. The molecule has 3 aromatic carbocycles. The van der Waals surface area contributed by atoms with E-state index in [1.165, 1.54) is 24.3 Å². The lowest BCUT2D eigenvalue weighted by atomic mass is 10.1. The Morgan fingerprint density at radius 2 is 1.57 bits per heavy atom. The number of nitro benzene ring substituents is 1. The van der Waals surface area contributed by atoms with E-state index in [2.05, 4.69) is 10.4 Å². The van der Waals surface area contributed by atoms with Gasteiger partial charge in [0.15, 0.2) is 9.84 Å². The van der Waals surface area contributed by atoms with E-state index in [9.17, 15) is 23.3 Å². The van der Waals surface area contributed by atoms with Crippen LogP contribution in [0.15, 0.2) is 96.0 Å². The first-order valence-corrected chi connectivity index (χ1v) is 12.4. The summed E-state index contributed by atoms with van der Waals surface area (Å²) >= 11 is 0. The Hall–Kier alpha value is -4.31. The average Bonchev–Trinajstić information content (AvgIpc) is 3.28. The molecule has 1 amide bonds. The van der Waals surface area contributed by atoms with Crippen LogP contribution in [0.25, 0.3) is 16.9 Å². The average molecular weight is 491 g/mol. The molecule has 4 aromatic rings. The van der Waals surface area contributed by atoms with Crippen molar-refractivity contribution in [1.82, 2.24) is 15.1 Å². The lowest BCUT2D eigenvalue weighted by molar-refractivity contribution is -0.384. The smallest absolute Gasteiger partial charge is 0.269 e. The van der Waals surface area contributed by atoms with Crippen molar-refractivity contribution in [1.29, 1.82) is 0 Å². The summed E-state index contributed by atoms with van der Waals surface area (Å²) in [6, 6.07) is 23.3. The van der Waals surface area contributed by atoms with Gasteiger partial charge in [0.1, 0.15) is 0 Å². The molecule has 10 heteroatoms. The topological polar surface area (TPSA) is 124 Å². The summed E-state index contributed by atoms with van der Waals surface area (Å²) in [4.78, 5) is 23.4. The number of nitro groups is 1. The van der Waals surface area contributed by atoms with E-state index in [1.54, 1.807) is 41.2 Å². The van der Waals surface area contributed by atoms with E-state index in [-0.39, 0.29) is 35.2 Å². The minimum Gasteiger partial charge on any atom is -0.355 e. The quantitative estimate of drug-likeness (QED) is 0.282. The molecule has 1 N–H and O–H groups in total. The number of para-hydroxylation sites is 1. The van der Waals surface area contributed by atoms with Crippen molar-refractivity contribution in [3.63, 3.8) is 0 Å². The van der Waals surface area contributed by atoms with Gasteiger partial charge in [0.25, 0.3) is 5.69 Å². The SMILES string of the molecule is O=C(Cc1cn(-c2ccccc2)nc1-c1ccc([N+](=O)[O-])cc1)NCCS(=O)(=O)c1ccccc1. The fraction of sp³-hybridized carbons (Fsp3) is 0.120. The third kappa shape index (κ3) is 5.79. The largest absolute Gasteiger partial charge is 0.355 e. The van der Waals surface area contributed by atoms with Crippen molar-refractivity contribution >= 4 is 21.4 Å². The van der Waals surface area contributed by atoms with Crippen LogP contribution >= 0.6 is 0 Å². The van der Waals surface area contributed by atoms with E-state index in [0.717, 1.165) is 5.69 Å². The van der Waals surface area contributed by atoms with Crippen molar-refractivity contribution in [3.8, 4) is 16.9 Å². The number of rotatable bonds is 9. The Labute approximate surface area is 202 Å². The third-order valence-corrected chi connectivity index (χ3v) is 7.04. The van der Waals surface area contributed by atoms with Gasteiger partial charge in [-0.15, -0.1) is 0 Å². The van der Waals surface area contributed by atoms with Crippen molar-refractivity contribution in [2.45, 2.75) is 11.3 Å². The molecular weight excluding hydrogens is 468 g/mol. The first kappa shape index (κ1) is 23.8. The van der Waals surface area contributed by atoms with Gasteiger partial charge >= 0.3 is 0 Å². The number of non-ortho nitro benzene ring substituents is 1. The first-order chi connectivity index (χ1) is 16.8. The predicted octanol–water partition coefficient (Wildman–Crippen LogP) is 3.58. The molecule has 0 saturated heterocycles. The van der Waals surface area contributed by atoms with Crippen molar-refractivity contribution in [3.05, 3.63) is 107 Å². The normalized spacial score (nSPS) is 11.2. The molecule has 0 bridgehead atoms. The summed E-state index contributed by atoms with van der Waals surface area (Å²) in [7, 11) is -3.51. The van der Waals surface area contributed by atoms with Gasteiger partial charge in [-0.3, -0.25) is 14.9 Å². The molecule has 0 unspecified atom stereocenters. The molecule has 1 aromatic heterocycles. The summed E-state index contributed by atoms with van der Waals surface area (Å²) in [5.41, 5.74) is 2.48. The van der Waals surface area contributed by atoms with Gasteiger partial charge in [-0.1, -0.05) is 36.4 Å². The molecule has 0 saturated carbocycles. The molecule has 0 aliphatic carbocycles. The van der Waals surface area contributed by atoms with Gasteiger partial charge in [-0.25, -0.2) is 13.1 Å². The summed E-state index contributed by atoms with van der Waals surface area (Å²) in [5.74, 6) is -0.578. The third-order valence-electron chi connectivity index (χ3n) is 5.31. The molecule has 0 atom stereocenters. The van der Waals surface area contributed by atoms with Gasteiger partial charge in [0.2, 0.25) is 5.91 Å². The molecule has 0 fully saturated rings. The minimum absolute atomic E-state index is 0.0320. The number of carbonyl (C=O) groups excluding carboxylic acids is 1. The van der Waals surface area contributed by atoms with Crippen LogP contribution < -0.4 is 5.32 Å². The molecule has 0 spiro atoms. The predicted molar refractivity (Wildman–Crippen MR) is 131 cm³/mol. The van der Waals surface area contributed by atoms with Crippen LogP contribution in [0.4, 0.5) is 5.69 Å². The molecule has 178 valence electrons. The minimum atomic E-state index is -3.51. The van der Waals surface area contributed by atoms with E-state index in [0.29, 0.717) is 16.8 Å². The van der Waals surface area contributed by atoms with Crippen LogP contribution in [0.2, 0.25) is 0 Å². The Bertz CT molecular complexity index is 1430. The Kier molecular flexibility index (Phi) is 7.02. The number of amides is 1. The van der Waals surface area contributed by atoms with E-state index < -0.39 is 14.8 Å². The highest BCUT2D eigenvalue weighted by molar-refractivity contribution is 7.91. The molecule has 0 radical (unpaired) electrons. The second-order valence-corrected chi connectivity index (χ2v) is 9.85. The van der Waals surface area contributed by atoms with Gasteiger partial charge in [0.05, 0.1) is 33.4 Å². The number of carbonyl (C=O) groups is 1. The maximum atomic E-state index is 12.7. The van der Waals surface area contributed by atoms with Gasteiger partial charge in [-0.05, 0) is 36.4 Å². The van der Waals surface area contributed by atoms with Gasteiger partial charge in [0, 0.05) is 36.0 Å². The van der Waals surface area contributed by atoms with Crippen LogP contribution in [0.1, 0.15) is 5.56 Å². The summed E-state index contributed by atoms with van der Waals surface area (Å²) in [5, 5.41) is 18.3. The van der Waals surface area contributed by atoms with Crippen LogP contribution in [0.5, 0.6) is 0 Å². The number of nitrogens with one attached hydrogen (secondary N) is 1. The molecule has 0 aliphatic heterocycles. The standard InChI is InChI=1S/C25H22N4O5S/c30-24(26-15-16-35(33,34)23-9-5-2-6-10-23)17-20-18-28(21-7-3-1-4-8-21)27-25(20)19-11-13-22(14-12-19)29(31)32/h1-14,18H,15-17H2,(H,26,30). The molecular formula is C25H22N4O5S. The van der Waals surface area contributed by atoms with Crippen molar-refractivity contribution in [2.75, 3.05) is 12.3 Å². The molecule has 9 nitrogen and oxygen atoms in total. The number of aromatic nitrogens is 2. The highest BCUT2D eigenvalue weighted by Gasteiger charge is 2.18. The molecule has 4 rings (SSSR count). The number of hydrogen-bond acceptors (Lipinski definition) is 6. The maximum absolute atomic E-state index is 12.7. The molecule has 0 aliphatic rings. The summed E-state index contributed by atoms with van der Waals surface area (Å²) in [6.45, 7) is -0.0320. The molecule has 35 heavy (non-hydrogen) atoms. The summed E-state index contributed by atoms with van der Waals surface area (Å²) < 4.78 is 26.5. The second-order valence-electron chi connectivity index (χ2n) is 7.75. The van der Waals surface area contributed by atoms with Crippen molar-refractivity contribution in [2.24, 2.45) is 0 Å². The zero-order valence-electron chi connectivity index (χ0n) is 18.6. The van der Waals surface area contributed by atoms with Crippen LogP contribution in [0.3, 0.4) is 0 Å². The van der Waals surface area contributed by atoms with Crippen LogP contribution in [-0.4, -0.2) is 41.3 Å². The fourth-order valence-corrected chi connectivity index (χ4v) is 4.72. The monoisotopic (exact) mass is 490 g/mol. The highest BCUT2D eigenvalue weighted by atomic mass is 32.2. The molecule has 1 heterocycles. The number of sulfone groups is 1. The van der Waals surface area contributed by atoms with E-state index in [4.69, 9.17) is 0 Å². The number of hydrogen-bond donors (Lipinski definition) is 1. The Morgan fingerprint density at radius 3 is 2.20 bits per heavy atom. The fourth-order valence-electron chi connectivity index (χ4n) is 3.54. The lowest BCUT2D eigenvalue weighted by Crippen LogP contribution is -2.30. The highest BCUT2D eigenvalue weighted by Crippen LogP contribution is 2.26. The van der Waals surface area contributed by atoms with E-state index in [1.807, 2.05) is 30.3 Å². The van der Waals surface area contributed by atoms with Crippen LogP contribution in [-0.2, 0) is 21.1 Å². The van der Waals surface area contributed by atoms with Gasteiger partial charge < -0.3 is 5.32 Å². The second kappa shape index (κ2) is 10.3. The zero-order valence-corrected chi connectivity index (χ0v) is 19.4. The number of benzene rings is 3. The summed E-state index contributed by atoms with van der Waals surface area (Å²) in [6.07, 6.45) is 1.69. The lowest BCUT2D eigenvalue weighted by Gasteiger charge is -2.07. The number of nitrogens with zero attached hydrogens (tertiary/aromatic N) is 3. The van der Waals surface area contributed by atoms with E-state index >= 15 is 0 Å². The Balaban J connectivity index is 1.52. The van der Waals surface area contributed by atoms with Crippen molar-refractivity contribution < 1.29 is 18.1 Å². The first-order valence-electron chi connectivity index (χ1n) is 10.8. The Morgan fingerprint density at radius 1 is 0.943 bits per heavy atom. The van der Waals surface area contributed by atoms with Crippen LogP contribution in [0, 0.1) is 10.1 Å². The van der Waals surface area contributed by atoms with Gasteiger partial charge in [-0.2, -0.15) is 5.10 Å².